The van der Waals surface area contributed by atoms with Crippen LogP contribution in [0.1, 0.15) is 18.4 Å². The highest BCUT2D eigenvalue weighted by Gasteiger charge is 2.24. The smallest absolute Gasteiger partial charge is 0.225 e. The minimum Gasteiger partial charge on any atom is -0.486 e. The number of carbonyl (C=O) groups excluding carboxylic acids is 1. The van der Waals surface area contributed by atoms with E-state index in [2.05, 4.69) is 0 Å². The summed E-state index contributed by atoms with van der Waals surface area (Å²) in [5.74, 6) is 1.85. The van der Waals surface area contributed by atoms with Gasteiger partial charge in [0.05, 0.1) is 0 Å². The maximum atomic E-state index is 12.4. The lowest BCUT2D eigenvalue weighted by Gasteiger charge is -2.27. The number of hydrogen-bond donors (Lipinski definition) is 0. The summed E-state index contributed by atoms with van der Waals surface area (Å²) in [6, 6.07) is 5.86. The molecule has 1 aromatic carbocycles. The minimum atomic E-state index is 0.0981. The van der Waals surface area contributed by atoms with E-state index in [0.29, 0.717) is 33.0 Å². The molecule has 114 valence electrons. The summed E-state index contributed by atoms with van der Waals surface area (Å²) in [6.45, 7) is 3.14. The number of hydrogen-bond acceptors (Lipinski definition) is 4. The number of amides is 1. The van der Waals surface area contributed by atoms with E-state index >= 15 is 0 Å². The molecule has 0 spiro atoms. The van der Waals surface area contributed by atoms with Crippen molar-refractivity contribution in [3.05, 3.63) is 23.8 Å². The van der Waals surface area contributed by atoms with E-state index in [1.54, 1.807) is 4.90 Å². The fraction of sp³-hybridized carbons (Fsp3) is 0.562. The molecule has 2 aliphatic heterocycles. The molecule has 2 aliphatic rings. The molecule has 0 N–H and O–H groups in total. The predicted octanol–water partition coefficient (Wildman–Crippen LogP) is 1.84. The third kappa shape index (κ3) is 3.29. The Balaban J connectivity index is 1.63. The van der Waals surface area contributed by atoms with Crippen LogP contribution >= 0.6 is 0 Å². The zero-order valence-electron chi connectivity index (χ0n) is 12.3. The SMILES string of the molecule is CN(Cc1ccc2c(c1)OCCO2)C(=O)C1CCOCC1. The van der Waals surface area contributed by atoms with Crippen molar-refractivity contribution >= 4 is 5.91 Å². The van der Waals surface area contributed by atoms with Crippen molar-refractivity contribution in [1.29, 1.82) is 0 Å². The number of nitrogens with zero attached hydrogens (tertiary/aromatic N) is 1. The molecule has 0 saturated carbocycles. The molecule has 0 radical (unpaired) electrons. The van der Waals surface area contributed by atoms with Crippen molar-refractivity contribution in [2.24, 2.45) is 5.92 Å². The molecule has 0 unspecified atom stereocenters. The Bertz CT molecular complexity index is 511. The molecule has 0 atom stereocenters. The van der Waals surface area contributed by atoms with Crippen molar-refractivity contribution in [1.82, 2.24) is 4.90 Å². The second-order valence-corrected chi connectivity index (χ2v) is 5.56. The Hall–Kier alpha value is -1.75. The van der Waals surface area contributed by atoms with Gasteiger partial charge in [-0.1, -0.05) is 6.07 Å². The first kappa shape index (κ1) is 14.2. The van der Waals surface area contributed by atoms with E-state index in [1.807, 2.05) is 25.2 Å². The summed E-state index contributed by atoms with van der Waals surface area (Å²) >= 11 is 0. The fourth-order valence-corrected chi connectivity index (χ4v) is 2.79. The predicted molar refractivity (Wildman–Crippen MR) is 77.4 cm³/mol. The molecule has 1 amide bonds. The lowest BCUT2D eigenvalue weighted by atomic mass is 9.98. The molecule has 1 saturated heterocycles. The number of benzene rings is 1. The van der Waals surface area contributed by atoms with Gasteiger partial charge in [-0.15, -0.1) is 0 Å². The van der Waals surface area contributed by atoms with Crippen molar-refractivity contribution in [3.8, 4) is 11.5 Å². The van der Waals surface area contributed by atoms with Crippen LogP contribution in [0.2, 0.25) is 0 Å². The van der Waals surface area contributed by atoms with Gasteiger partial charge < -0.3 is 19.1 Å². The Morgan fingerprint density at radius 3 is 2.62 bits per heavy atom. The third-order valence-electron chi connectivity index (χ3n) is 3.97. The zero-order valence-corrected chi connectivity index (χ0v) is 12.3. The molecule has 21 heavy (non-hydrogen) atoms. The van der Waals surface area contributed by atoms with E-state index in [0.717, 1.165) is 29.9 Å². The van der Waals surface area contributed by atoms with Gasteiger partial charge >= 0.3 is 0 Å². The van der Waals surface area contributed by atoms with Gasteiger partial charge in [0.25, 0.3) is 0 Å². The van der Waals surface area contributed by atoms with E-state index in [1.165, 1.54) is 0 Å². The largest absolute Gasteiger partial charge is 0.486 e. The first-order valence-electron chi connectivity index (χ1n) is 7.45. The molecule has 5 heteroatoms. The van der Waals surface area contributed by atoms with Gasteiger partial charge in [-0.25, -0.2) is 0 Å². The Morgan fingerprint density at radius 2 is 1.86 bits per heavy atom. The van der Waals surface area contributed by atoms with Crippen LogP contribution in [0, 0.1) is 5.92 Å². The Labute approximate surface area is 124 Å². The van der Waals surface area contributed by atoms with Crippen LogP contribution in [-0.4, -0.2) is 44.3 Å². The summed E-state index contributed by atoms with van der Waals surface area (Å²) in [7, 11) is 1.86. The molecule has 5 nitrogen and oxygen atoms in total. The molecule has 0 bridgehead atoms. The van der Waals surface area contributed by atoms with Crippen LogP contribution in [0.4, 0.5) is 0 Å². The number of carbonyl (C=O) groups is 1. The molecule has 0 aromatic heterocycles. The molecule has 1 aromatic rings. The Kier molecular flexibility index (Phi) is 4.29. The van der Waals surface area contributed by atoms with E-state index in [-0.39, 0.29) is 11.8 Å². The lowest BCUT2D eigenvalue weighted by molar-refractivity contribution is -0.137. The summed E-state index contributed by atoms with van der Waals surface area (Å²) in [5, 5.41) is 0. The second-order valence-electron chi connectivity index (χ2n) is 5.56. The lowest BCUT2D eigenvalue weighted by Crippen LogP contribution is -2.35. The summed E-state index contributed by atoms with van der Waals surface area (Å²) in [5.41, 5.74) is 1.06. The first-order chi connectivity index (χ1) is 10.2. The minimum absolute atomic E-state index is 0.0981. The van der Waals surface area contributed by atoms with Crippen LogP contribution in [-0.2, 0) is 16.1 Å². The van der Waals surface area contributed by atoms with Gasteiger partial charge in [0.15, 0.2) is 11.5 Å². The summed E-state index contributed by atoms with van der Waals surface area (Å²) in [4.78, 5) is 14.2. The second kappa shape index (κ2) is 6.35. The van der Waals surface area contributed by atoms with Crippen molar-refractivity contribution < 1.29 is 19.0 Å². The Morgan fingerprint density at radius 1 is 1.14 bits per heavy atom. The van der Waals surface area contributed by atoms with Gasteiger partial charge in [-0.3, -0.25) is 4.79 Å². The molecular weight excluding hydrogens is 270 g/mol. The van der Waals surface area contributed by atoms with Crippen LogP contribution in [0.15, 0.2) is 18.2 Å². The molecule has 2 heterocycles. The first-order valence-corrected chi connectivity index (χ1v) is 7.45. The van der Waals surface area contributed by atoms with E-state index < -0.39 is 0 Å². The normalized spacial score (nSPS) is 18.3. The standard InChI is InChI=1S/C16H21NO4/c1-17(16(18)13-4-6-19-7-5-13)11-12-2-3-14-15(10-12)21-9-8-20-14/h2-3,10,13H,4-9,11H2,1H3. The van der Waals surface area contributed by atoms with Crippen LogP contribution in [0.25, 0.3) is 0 Å². The number of fused-ring (bicyclic) bond motifs is 1. The summed E-state index contributed by atoms with van der Waals surface area (Å²) in [6.07, 6.45) is 1.65. The molecule has 0 aliphatic carbocycles. The van der Waals surface area contributed by atoms with Gasteiger partial charge in [-0.2, -0.15) is 0 Å². The van der Waals surface area contributed by atoms with Gasteiger partial charge in [0.1, 0.15) is 13.2 Å². The molecule has 3 rings (SSSR count). The maximum Gasteiger partial charge on any atom is 0.225 e. The fourth-order valence-electron chi connectivity index (χ4n) is 2.79. The van der Waals surface area contributed by atoms with Gasteiger partial charge in [-0.05, 0) is 30.5 Å². The highest BCUT2D eigenvalue weighted by molar-refractivity contribution is 5.78. The summed E-state index contributed by atoms with van der Waals surface area (Å²) < 4.78 is 16.4. The van der Waals surface area contributed by atoms with Crippen molar-refractivity contribution in [2.75, 3.05) is 33.5 Å². The average Bonchev–Trinajstić information content (AvgIpc) is 2.55. The quantitative estimate of drug-likeness (QED) is 0.852. The number of rotatable bonds is 3. The highest BCUT2D eigenvalue weighted by atomic mass is 16.6. The van der Waals surface area contributed by atoms with Crippen molar-refractivity contribution in [2.45, 2.75) is 19.4 Å². The average molecular weight is 291 g/mol. The zero-order chi connectivity index (χ0) is 14.7. The monoisotopic (exact) mass is 291 g/mol. The number of ether oxygens (including phenoxy) is 3. The van der Waals surface area contributed by atoms with E-state index in [4.69, 9.17) is 14.2 Å². The van der Waals surface area contributed by atoms with Crippen molar-refractivity contribution in [3.63, 3.8) is 0 Å². The maximum absolute atomic E-state index is 12.4. The molecule has 1 fully saturated rings. The van der Waals surface area contributed by atoms with Gasteiger partial charge in [0, 0.05) is 32.7 Å². The topological polar surface area (TPSA) is 48.0 Å². The highest BCUT2D eigenvalue weighted by Crippen LogP contribution is 2.31. The third-order valence-corrected chi connectivity index (χ3v) is 3.97. The van der Waals surface area contributed by atoms with Crippen LogP contribution in [0.5, 0.6) is 11.5 Å². The van der Waals surface area contributed by atoms with Crippen LogP contribution < -0.4 is 9.47 Å². The van der Waals surface area contributed by atoms with E-state index in [9.17, 15) is 4.79 Å². The van der Waals surface area contributed by atoms with Crippen LogP contribution in [0.3, 0.4) is 0 Å². The van der Waals surface area contributed by atoms with Gasteiger partial charge in [0.2, 0.25) is 5.91 Å². The molecular formula is C16H21NO4.